The number of fused-ring (bicyclic) bond motifs is 1. The molecule has 1 aliphatic heterocycles. The van der Waals surface area contributed by atoms with Crippen molar-refractivity contribution in [3.05, 3.63) is 47.4 Å². The Morgan fingerprint density at radius 3 is 2.71 bits per heavy atom. The van der Waals surface area contributed by atoms with Crippen LogP contribution in [-0.2, 0) is 6.42 Å². The predicted molar refractivity (Wildman–Crippen MR) is 76.9 cm³/mol. The predicted octanol–water partition coefficient (Wildman–Crippen LogP) is 2.33. The van der Waals surface area contributed by atoms with Gasteiger partial charge >= 0.3 is 0 Å². The van der Waals surface area contributed by atoms with E-state index in [0.717, 1.165) is 29.0 Å². The SMILES string of the molecule is Cc1cc2c(cc1CCNC(=O)c1ccco1)OCCO2. The third kappa shape index (κ3) is 3.02. The summed E-state index contributed by atoms with van der Waals surface area (Å²) >= 11 is 0. The summed E-state index contributed by atoms with van der Waals surface area (Å²) in [6.07, 6.45) is 2.22. The fraction of sp³-hybridized carbons (Fsp3) is 0.312. The summed E-state index contributed by atoms with van der Waals surface area (Å²) in [7, 11) is 0. The van der Waals surface area contributed by atoms with Crippen LogP contribution in [0.1, 0.15) is 21.7 Å². The fourth-order valence-corrected chi connectivity index (χ4v) is 2.31. The number of aryl methyl sites for hydroxylation is 1. The van der Waals surface area contributed by atoms with Crippen LogP contribution in [0.5, 0.6) is 11.5 Å². The molecule has 1 aliphatic rings. The van der Waals surface area contributed by atoms with Gasteiger partial charge in [0.05, 0.1) is 6.26 Å². The van der Waals surface area contributed by atoms with Crippen LogP contribution in [0.25, 0.3) is 0 Å². The van der Waals surface area contributed by atoms with Crippen molar-refractivity contribution in [1.82, 2.24) is 5.32 Å². The zero-order chi connectivity index (χ0) is 14.7. The van der Waals surface area contributed by atoms with Gasteiger partial charge in [-0.3, -0.25) is 4.79 Å². The molecule has 5 nitrogen and oxygen atoms in total. The van der Waals surface area contributed by atoms with E-state index in [1.54, 1.807) is 12.1 Å². The second kappa shape index (κ2) is 5.91. The van der Waals surface area contributed by atoms with Gasteiger partial charge in [-0.15, -0.1) is 0 Å². The standard InChI is InChI=1S/C16H17NO4/c1-11-9-14-15(21-8-7-20-14)10-12(11)4-5-17-16(18)13-3-2-6-19-13/h2-3,6,9-10H,4-5,7-8H2,1H3,(H,17,18). The highest BCUT2D eigenvalue weighted by atomic mass is 16.6. The largest absolute Gasteiger partial charge is 0.486 e. The maximum absolute atomic E-state index is 11.8. The summed E-state index contributed by atoms with van der Waals surface area (Å²) in [6, 6.07) is 7.31. The van der Waals surface area contributed by atoms with E-state index in [-0.39, 0.29) is 5.91 Å². The second-order valence-electron chi connectivity index (χ2n) is 4.91. The molecule has 1 amide bonds. The molecule has 5 heteroatoms. The van der Waals surface area contributed by atoms with Gasteiger partial charge in [-0.1, -0.05) is 0 Å². The van der Waals surface area contributed by atoms with Gasteiger partial charge in [0.15, 0.2) is 17.3 Å². The molecule has 1 N–H and O–H groups in total. The minimum atomic E-state index is -0.199. The van der Waals surface area contributed by atoms with Gasteiger partial charge in [0, 0.05) is 6.54 Å². The molecule has 21 heavy (non-hydrogen) atoms. The number of hydrogen-bond acceptors (Lipinski definition) is 4. The number of rotatable bonds is 4. The lowest BCUT2D eigenvalue weighted by Crippen LogP contribution is -2.25. The lowest BCUT2D eigenvalue weighted by Gasteiger charge is -2.20. The van der Waals surface area contributed by atoms with Crippen molar-refractivity contribution in [3.8, 4) is 11.5 Å². The van der Waals surface area contributed by atoms with E-state index in [0.29, 0.717) is 25.5 Å². The van der Waals surface area contributed by atoms with E-state index >= 15 is 0 Å². The first-order valence-electron chi connectivity index (χ1n) is 6.95. The average molecular weight is 287 g/mol. The summed E-state index contributed by atoms with van der Waals surface area (Å²) in [5.74, 6) is 1.70. The molecule has 0 saturated heterocycles. The van der Waals surface area contributed by atoms with Gasteiger partial charge in [0.25, 0.3) is 5.91 Å². The highest BCUT2D eigenvalue weighted by Gasteiger charge is 2.14. The third-order valence-corrected chi connectivity index (χ3v) is 3.43. The van der Waals surface area contributed by atoms with Crippen molar-refractivity contribution in [2.75, 3.05) is 19.8 Å². The zero-order valence-electron chi connectivity index (χ0n) is 11.8. The number of nitrogens with one attached hydrogen (secondary N) is 1. The molecule has 110 valence electrons. The fourth-order valence-electron chi connectivity index (χ4n) is 2.31. The Balaban J connectivity index is 1.61. The molecule has 1 aromatic carbocycles. The second-order valence-corrected chi connectivity index (χ2v) is 4.91. The minimum absolute atomic E-state index is 0.199. The van der Waals surface area contributed by atoms with E-state index in [1.807, 2.05) is 19.1 Å². The van der Waals surface area contributed by atoms with Crippen LogP contribution in [0.3, 0.4) is 0 Å². The molecule has 2 heterocycles. The summed E-state index contributed by atoms with van der Waals surface area (Å²) in [6.45, 7) is 3.73. The molecule has 3 rings (SSSR count). The Labute approximate surface area is 122 Å². The molecule has 0 bridgehead atoms. The Morgan fingerprint density at radius 2 is 2.00 bits per heavy atom. The number of benzene rings is 1. The summed E-state index contributed by atoms with van der Waals surface area (Å²) in [4.78, 5) is 11.8. The third-order valence-electron chi connectivity index (χ3n) is 3.43. The summed E-state index contributed by atoms with van der Waals surface area (Å²) in [5, 5.41) is 2.84. The number of furan rings is 1. The molecule has 2 aromatic rings. The van der Waals surface area contributed by atoms with Crippen molar-refractivity contribution in [2.24, 2.45) is 0 Å². The molecule has 0 fully saturated rings. The first kappa shape index (κ1) is 13.5. The zero-order valence-corrected chi connectivity index (χ0v) is 11.8. The van der Waals surface area contributed by atoms with E-state index < -0.39 is 0 Å². The lowest BCUT2D eigenvalue weighted by molar-refractivity contribution is 0.0926. The monoisotopic (exact) mass is 287 g/mol. The van der Waals surface area contributed by atoms with Gasteiger partial charge in [-0.05, 0) is 48.7 Å². The number of carbonyl (C=O) groups is 1. The van der Waals surface area contributed by atoms with Gasteiger partial charge in [0.1, 0.15) is 13.2 Å². The average Bonchev–Trinajstić information content (AvgIpc) is 3.02. The first-order valence-corrected chi connectivity index (χ1v) is 6.95. The number of amides is 1. The van der Waals surface area contributed by atoms with E-state index in [4.69, 9.17) is 13.9 Å². The number of hydrogen-bond donors (Lipinski definition) is 1. The molecule has 0 spiro atoms. The van der Waals surface area contributed by atoms with Crippen LogP contribution in [0, 0.1) is 6.92 Å². The highest BCUT2D eigenvalue weighted by Crippen LogP contribution is 2.33. The topological polar surface area (TPSA) is 60.7 Å². The maximum atomic E-state index is 11.8. The van der Waals surface area contributed by atoms with Crippen LogP contribution in [0.2, 0.25) is 0 Å². The Bertz CT molecular complexity index is 634. The van der Waals surface area contributed by atoms with Crippen molar-refractivity contribution >= 4 is 5.91 Å². The molecular formula is C16H17NO4. The molecule has 1 aromatic heterocycles. The van der Waals surface area contributed by atoms with Gasteiger partial charge in [-0.2, -0.15) is 0 Å². The van der Waals surface area contributed by atoms with Crippen molar-refractivity contribution in [2.45, 2.75) is 13.3 Å². The lowest BCUT2D eigenvalue weighted by atomic mass is 10.0. The van der Waals surface area contributed by atoms with E-state index in [9.17, 15) is 4.79 Å². The van der Waals surface area contributed by atoms with Gasteiger partial charge in [-0.25, -0.2) is 0 Å². The van der Waals surface area contributed by atoms with Crippen LogP contribution >= 0.6 is 0 Å². The molecule has 0 atom stereocenters. The van der Waals surface area contributed by atoms with Crippen LogP contribution < -0.4 is 14.8 Å². The number of ether oxygens (including phenoxy) is 2. The highest BCUT2D eigenvalue weighted by molar-refractivity contribution is 5.91. The Morgan fingerprint density at radius 1 is 1.24 bits per heavy atom. The normalized spacial score (nSPS) is 13.0. The van der Waals surface area contributed by atoms with Crippen LogP contribution in [0.4, 0.5) is 0 Å². The van der Waals surface area contributed by atoms with Crippen molar-refractivity contribution in [3.63, 3.8) is 0 Å². The molecule has 0 radical (unpaired) electrons. The summed E-state index contributed by atoms with van der Waals surface area (Å²) in [5.41, 5.74) is 2.27. The van der Waals surface area contributed by atoms with Crippen LogP contribution in [-0.4, -0.2) is 25.7 Å². The van der Waals surface area contributed by atoms with Gasteiger partial charge < -0.3 is 19.2 Å². The van der Waals surface area contributed by atoms with Crippen LogP contribution in [0.15, 0.2) is 34.9 Å². The molecule has 0 aliphatic carbocycles. The number of carbonyl (C=O) groups excluding carboxylic acids is 1. The summed E-state index contributed by atoms with van der Waals surface area (Å²) < 4.78 is 16.2. The van der Waals surface area contributed by atoms with Crippen molar-refractivity contribution < 1.29 is 18.7 Å². The van der Waals surface area contributed by atoms with Gasteiger partial charge in [0.2, 0.25) is 0 Å². The Kier molecular flexibility index (Phi) is 3.81. The molecule has 0 saturated carbocycles. The smallest absolute Gasteiger partial charge is 0.286 e. The van der Waals surface area contributed by atoms with E-state index in [2.05, 4.69) is 5.32 Å². The molecule has 0 unspecified atom stereocenters. The maximum Gasteiger partial charge on any atom is 0.286 e. The van der Waals surface area contributed by atoms with E-state index in [1.165, 1.54) is 6.26 Å². The Hall–Kier alpha value is -2.43. The van der Waals surface area contributed by atoms with Crippen molar-refractivity contribution in [1.29, 1.82) is 0 Å². The molecular weight excluding hydrogens is 270 g/mol. The first-order chi connectivity index (χ1) is 10.2. The quantitative estimate of drug-likeness (QED) is 0.937. The minimum Gasteiger partial charge on any atom is -0.486 e.